The van der Waals surface area contributed by atoms with Crippen LogP contribution in [0.4, 0.5) is 5.69 Å². The summed E-state index contributed by atoms with van der Waals surface area (Å²) < 4.78 is 22.0. The van der Waals surface area contributed by atoms with Crippen molar-refractivity contribution in [2.24, 2.45) is 0 Å². The van der Waals surface area contributed by atoms with Crippen LogP contribution in [0.3, 0.4) is 0 Å². The minimum atomic E-state index is -0.161. The van der Waals surface area contributed by atoms with Gasteiger partial charge in [-0.25, -0.2) is 0 Å². The number of methoxy groups -OCH3 is 1. The van der Waals surface area contributed by atoms with Gasteiger partial charge in [0, 0.05) is 35.9 Å². The SMILES string of the molecule is COc1ccc(NC(=S)N(Cc2cc3cc4c(cc3[nH]c2=O)OCO4)CC2CCCO2)cc1. The molecule has 1 unspecified atom stereocenters. The third-order valence-electron chi connectivity index (χ3n) is 5.85. The zero-order valence-corrected chi connectivity index (χ0v) is 19.1. The standard InChI is InChI=1S/C24H25N3O5S/c1-29-18-6-4-17(5-7-18)25-24(33)27(13-19-3-2-8-30-19)12-16-9-15-10-21-22(32-14-31-21)11-20(15)26-23(16)28/h4-7,9-11,19H,2-3,8,12-14H2,1H3,(H,25,33)(H,26,28). The molecule has 8 nitrogen and oxygen atoms in total. The first-order valence-electron chi connectivity index (χ1n) is 10.9. The maximum absolute atomic E-state index is 12.9. The highest BCUT2D eigenvalue weighted by atomic mass is 32.1. The van der Waals surface area contributed by atoms with Gasteiger partial charge in [0.25, 0.3) is 5.56 Å². The van der Waals surface area contributed by atoms with Gasteiger partial charge in [0.2, 0.25) is 6.79 Å². The molecule has 5 rings (SSSR count). The van der Waals surface area contributed by atoms with Crippen LogP contribution in [0.15, 0.2) is 47.3 Å². The Morgan fingerprint density at radius 3 is 2.73 bits per heavy atom. The summed E-state index contributed by atoms with van der Waals surface area (Å²) in [6.45, 7) is 1.88. The highest BCUT2D eigenvalue weighted by Crippen LogP contribution is 2.35. The molecule has 172 valence electrons. The fraction of sp³-hybridized carbons (Fsp3) is 0.333. The number of anilines is 1. The molecular weight excluding hydrogens is 442 g/mol. The van der Waals surface area contributed by atoms with Gasteiger partial charge in [-0.15, -0.1) is 0 Å². The summed E-state index contributed by atoms with van der Waals surface area (Å²) in [5.41, 5.74) is 2.00. The Labute approximate surface area is 196 Å². The first-order chi connectivity index (χ1) is 16.1. The molecule has 9 heteroatoms. The summed E-state index contributed by atoms with van der Waals surface area (Å²) >= 11 is 5.74. The van der Waals surface area contributed by atoms with Crippen LogP contribution in [0.2, 0.25) is 0 Å². The molecule has 0 saturated carbocycles. The largest absolute Gasteiger partial charge is 0.497 e. The Balaban J connectivity index is 1.40. The lowest BCUT2D eigenvalue weighted by atomic mass is 10.1. The van der Waals surface area contributed by atoms with Crippen molar-refractivity contribution in [3.63, 3.8) is 0 Å². The minimum Gasteiger partial charge on any atom is -0.497 e. The van der Waals surface area contributed by atoms with Gasteiger partial charge in [-0.2, -0.15) is 0 Å². The Morgan fingerprint density at radius 2 is 2.00 bits per heavy atom. The van der Waals surface area contributed by atoms with Crippen molar-refractivity contribution in [2.75, 3.05) is 32.4 Å². The van der Waals surface area contributed by atoms with Crippen LogP contribution < -0.4 is 25.1 Å². The van der Waals surface area contributed by atoms with E-state index < -0.39 is 0 Å². The maximum atomic E-state index is 12.9. The molecule has 33 heavy (non-hydrogen) atoms. The van der Waals surface area contributed by atoms with Gasteiger partial charge in [-0.3, -0.25) is 4.79 Å². The van der Waals surface area contributed by atoms with Crippen LogP contribution in [0, 0.1) is 0 Å². The molecule has 2 aromatic carbocycles. The zero-order valence-electron chi connectivity index (χ0n) is 18.3. The van der Waals surface area contributed by atoms with Crippen LogP contribution in [0.5, 0.6) is 17.2 Å². The van der Waals surface area contributed by atoms with E-state index in [0.29, 0.717) is 40.8 Å². The van der Waals surface area contributed by atoms with Crippen LogP contribution in [0.25, 0.3) is 10.9 Å². The lowest BCUT2D eigenvalue weighted by Gasteiger charge is -2.28. The number of benzene rings is 2. The number of rotatable bonds is 6. The monoisotopic (exact) mass is 467 g/mol. The molecule has 1 saturated heterocycles. The van der Waals surface area contributed by atoms with E-state index in [-0.39, 0.29) is 18.5 Å². The Morgan fingerprint density at radius 1 is 1.21 bits per heavy atom. The van der Waals surface area contributed by atoms with Crippen molar-refractivity contribution in [2.45, 2.75) is 25.5 Å². The topological polar surface area (TPSA) is 85.1 Å². The number of hydrogen-bond acceptors (Lipinski definition) is 6. The number of H-pyrrole nitrogens is 1. The molecule has 2 aliphatic rings. The lowest BCUT2D eigenvalue weighted by molar-refractivity contribution is 0.0904. The first kappa shape index (κ1) is 21.5. The fourth-order valence-corrected chi connectivity index (χ4v) is 4.35. The van der Waals surface area contributed by atoms with Crippen LogP contribution in [-0.2, 0) is 11.3 Å². The van der Waals surface area contributed by atoms with Crippen molar-refractivity contribution in [1.29, 1.82) is 0 Å². The molecule has 2 aliphatic heterocycles. The molecule has 0 spiro atoms. The minimum absolute atomic E-state index is 0.0778. The first-order valence-corrected chi connectivity index (χ1v) is 11.3. The van der Waals surface area contributed by atoms with Gasteiger partial charge in [0.15, 0.2) is 16.6 Å². The lowest BCUT2D eigenvalue weighted by Crippen LogP contribution is -2.40. The number of aromatic nitrogens is 1. The highest BCUT2D eigenvalue weighted by molar-refractivity contribution is 7.80. The van der Waals surface area contributed by atoms with Gasteiger partial charge in [-0.1, -0.05) is 0 Å². The van der Waals surface area contributed by atoms with Crippen molar-refractivity contribution < 1.29 is 18.9 Å². The molecule has 0 radical (unpaired) electrons. The Kier molecular flexibility index (Phi) is 6.06. The van der Waals surface area contributed by atoms with Gasteiger partial charge in [0.05, 0.1) is 25.3 Å². The zero-order chi connectivity index (χ0) is 22.8. The third kappa shape index (κ3) is 4.74. The van der Waals surface area contributed by atoms with Gasteiger partial charge in [0.1, 0.15) is 5.75 Å². The number of aromatic amines is 1. The average molecular weight is 468 g/mol. The average Bonchev–Trinajstić information content (AvgIpc) is 3.50. The van der Waals surface area contributed by atoms with Crippen molar-refractivity contribution in [3.05, 3.63) is 58.4 Å². The van der Waals surface area contributed by atoms with E-state index in [4.69, 9.17) is 31.2 Å². The van der Waals surface area contributed by atoms with Gasteiger partial charge >= 0.3 is 0 Å². The molecular formula is C24H25N3O5S. The summed E-state index contributed by atoms with van der Waals surface area (Å²) in [6.07, 6.45) is 2.08. The Hall–Kier alpha value is -3.30. The molecule has 2 N–H and O–H groups in total. The highest BCUT2D eigenvalue weighted by Gasteiger charge is 2.23. The second-order valence-electron chi connectivity index (χ2n) is 8.09. The fourth-order valence-electron chi connectivity index (χ4n) is 4.09. The maximum Gasteiger partial charge on any atom is 0.253 e. The van der Waals surface area contributed by atoms with E-state index >= 15 is 0 Å². The molecule has 3 heterocycles. The molecule has 0 bridgehead atoms. The third-order valence-corrected chi connectivity index (χ3v) is 6.21. The number of fused-ring (bicyclic) bond motifs is 2. The summed E-state index contributed by atoms with van der Waals surface area (Å²) in [7, 11) is 1.63. The van der Waals surface area contributed by atoms with E-state index in [1.54, 1.807) is 13.2 Å². The quantitative estimate of drug-likeness (QED) is 0.532. The van der Waals surface area contributed by atoms with Crippen LogP contribution in [-0.4, -0.2) is 48.2 Å². The predicted molar refractivity (Wildman–Crippen MR) is 129 cm³/mol. The Bertz CT molecular complexity index is 1220. The summed E-state index contributed by atoms with van der Waals surface area (Å²) in [6, 6.07) is 13.1. The van der Waals surface area contributed by atoms with Crippen LogP contribution >= 0.6 is 12.2 Å². The van der Waals surface area contributed by atoms with E-state index in [9.17, 15) is 4.79 Å². The second kappa shape index (κ2) is 9.29. The van der Waals surface area contributed by atoms with Gasteiger partial charge < -0.3 is 34.1 Å². The number of nitrogens with zero attached hydrogens (tertiary/aromatic N) is 1. The molecule has 1 atom stereocenters. The van der Waals surface area contributed by atoms with E-state index in [1.165, 1.54) is 0 Å². The van der Waals surface area contributed by atoms with Crippen molar-refractivity contribution in [1.82, 2.24) is 9.88 Å². The van der Waals surface area contributed by atoms with E-state index in [1.807, 2.05) is 41.3 Å². The van der Waals surface area contributed by atoms with E-state index in [0.717, 1.165) is 36.3 Å². The molecule has 0 aliphatic carbocycles. The molecule has 1 fully saturated rings. The normalized spacial score (nSPS) is 16.7. The van der Waals surface area contributed by atoms with Crippen LogP contribution in [0.1, 0.15) is 18.4 Å². The summed E-state index contributed by atoms with van der Waals surface area (Å²) in [5.74, 6) is 2.08. The number of hydrogen-bond donors (Lipinski definition) is 2. The summed E-state index contributed by atoms with van der Waals surface area (Å²) in [5, 5.41) is 4.68. The number of thiocarbonyl (C=S) groups is 1. The van der Waals surface area contributed by atoms with Crippen molar-refractivity contribution >= 4 is 33.9 Å². The molecule has 0 amide bonds. The smallest absolute Gasteiger partial charge is 0.253 e. The van der Waals surface area contributed by atoms with Crippen molar-refractivity contribution in [3.8, 4) is 17.2 Å². The van der Waals surface area contributed by atoms with E-state index in [2.05, 4.69) is 10.3 Å². The number of pyridine rings is 1. The number of nitrogens with one attached hydrogen (secondary N) is 2. The number of ether oxygens (including phenoxy) is 4. The van der Waals surface area contributed by atoms with Gasteiger partial charge in [-0.05, 0) is 61.5 Å². The second-order valence-corrected chi connectivity index (χ2v) is 8.48. The summed E-state index contributed by atoms with van der Waals surface area (Å²) in [4.78, 5) is 17.8. The molecule has 3 aromatic rings. The predicted octanol–water partition coefficient (Wildman–Crippen LogP) is 3.64. The molecule has 1 aromatic heterocycles.